The fourth-order valence-electron chi connectivity index (χ4n) is 2.41. The number of rotatable bonds is 10. The van der Waals surface area contributed by atoms with Crippen molar-refractivity contribution in [1.29, 1.82) is 0 Å². The zero-order valence-corrected chi connectivity index (χ0v) is 11.3. The highest BCUT2D eigenvalue weighted by Gasteiger charge is 2.32. The molecule has 2 nitrogen and oxygen atoms in total. The summed E-state index contributed by atoms with van der Waals surface area (Å²) < 4.78 is 5.33. The normalized spacial score (nSPS) is 19.7. The van der Waals surface area contributed by atoms with Gasteiger partial charge in [-0.25, -0.2) is 0 Å². The quantitative estimate of drug-likeness (QED) is 0.618. The third-order valence-corrected chi connectivity index (χ3v) is 3.53. The summed E-state index contributed by atoms with van der Waals surface area (Å²) in [6, 6.07) is 1.32. The predicted molar refractivity (Wildman–Crippen MR) is 69.7 cm³/mol. The van der Waals surface area contributed by atoms with E-state index in [0.29, 0.717) is 12.1 Å². The van der Waals surface area contributed by atoms with Crippen LogP contribution in [0.25, 0.3) is 0 Å². The minimum atomic E-state index is 0.610. The first-order valence-corrected chi connectivity index (χ1v) is 7.06. The van der Waals surface area contributed by atoms with E-state index in [1.165, 1.54) is 44.9 Å². The molecular formula is C14H29NO. The Labute approximate surface area is 101 Å². The van der Waals surface area contributed by atoms with Crippen LogP contribution in [0, 0.1) is 5.92 Å². The van der Waals surface area contributed by atoms with Crippen LogP contribution in [0.1, 0.15) is 58.8 Å². The maximum Gasteiger partial charge on any atom is 0.0618 e. The Kier molecular flexibility index (Phi) is 7.06. The molecule has 1 fully saturated rings. The molecule has 0 radical (unpaired) electrons. The number of hydrogen-bond acceptors (Lipinski definition) is 2. The van der Waals surface area contributed by atoms with E-state index in [1.54, 1.807) is 0 Å². The molecule has 0 aliphatic heterocycles. The van der Waals surface area contributed by atoms with Crippen LogP contribution in [-0.4, -0.2) is 25.8 Å². The number of ether oxygens (including phenoxy) is 1. The Morgan fingerprint density at radius 3 is 2.44 bits per heavy atom. The standard InChI is InChI=1S/C14H29NO/c1-4-6-8-13(7-5-2)15-14(11-16-3)12-9-10-12/h12-15H,4-11H2,1-3H3. The molecule has 16 heavy (non-hydrogen) atoms. The molecule has 1 aliphatic rings. The van der Waals surface area contributed by atoms with Crippen LogP contribution in [-0.2, 0) is 4.74 Å². The van der Waals surface area contributed by atoms with Gasteiger partial charge in [-0.3, -0.25) is 0 Å². The Morgan fingerprint density at radius 2 is 1.94 bits per heavy atom. The van der Waals surface area contributed by atoms with Gasteiger partial charge in [-0.05, 0) is 31.6 Å². The summed E-state index contributed by atoms with van der Waals surface area (Å²) in [5, 5.41) is 3.83. The Bertz CT molecular complexity index is 168. The molecule has 0 spiro atoms. The van der Waals surface area contributed by atoms with Gasteiger partial charge in [0.25, 0.3) is 0 Å². The average molecular weight is 227 g/mol. The molecule has 0 aromatic carbocycles. The minimum Gasteiger partial charge on any atom is -0.383 e. The van der Waals surface area contributed by atoms with Gasteiger partial charge >= 0.3 is 0 Å². The molecule has 0 aromatic heterocycles. The minimum absolute atomic E-state index is 0.610. The SMILES string of the molecule is CCCCC(CCC)NC(COC)C1CC1. The van der Waals surface area contributed by atoms with Crippen LogP contribution in [0.5, 0.6) is 0 Å². The summed E-state index contributed by atoms with van der Waals surface area (Å²) >= 11 is 0. The highest BCUT2D eigenvalue weighted by molar-refractivity contribution is 4.88. The lowest BCUT2D eigenvalue weighted by molar-refractivity contribution is 0.148. The van der Waals surface area contributed by atoms with Gasteiger partial charge in [-0.15, -0.1) is 0 Å². The van der Waals surface area contributed by atoms with E-state index in [0.717, 1.165) is 12.5 Å². The van der Waals surface area contributed by atoms with E-state index in [-0.39, 0.29) is 0 Å². The second-order valence-corrected chi connectivity index (χ2v) is 5.19. The molecule has 0 aromatic rings. The molecule has 0 amide bonds. The second kappa shape index (κ2) is 8.08. The predicted octanol–water partition coefficient (Wildman–Crippen LogP) is 3.36. The van der Waals surface area contributed by atoms with Crippen LogP contribution >= 0.6 is 0 Å². The maximum absolute atomic E-state index is 5.33. The van der Waals surface area contributed by atoms with Crippen LogP contribution in [0.15, 0.2) is 0 Å². The second-order valence-electron chi connectivity index (χ2n) is 5.19. The highest BCUT2D eigenvalue weighted by atomic mass is 16.5. The molecule has 2 heteroatoms. The van der Waals surface area contributed by atoms with Gasteiger partial charge in [-0.1, -0.05) is 33.1 Å². The van der Waals surface area contributed by atoms with Gasteiger partial charge < -0.3 is 10.1 Å². The van der Waals surface area contributed by atoms with E-state index in [1.807, 2.05) is 7.11 Å². The molecule has 0 bridgehead atoms. The van der Waals surface area contributed by atoms with Gasteiger partial charge in [0, 0.05) is 19.2 Å². The fourth-order valence-corrected chi connectivity index (χ4v) is 2.41. The summed E-state index contributed by atoms with van der Waals surface area (Å²) in [7, 11) is 1.82. The van der Waals surface area contributed by atoms with E-state index in [4.69, 9.17) is 4.74 Å². The molecule has 1 saturated carbocycles. The molecule has 1 rings (SSSR count). The van der Waals surface area contributed by atoms with Crippen LogP contribution in [0.2, 0.25) is 0 Å². The topological polar surface area (TPSA) is 21.3 Å². The summed E-state index contributed by atoms with van der Waals surface area (Å²) in [5.41, 5.74) is 0. The third-order valence-electron chi connectivity index (χ3n) is 3.53. The largest absolute Gasteiger partial charge is 0.383 e. The van der Waals surface area contributed by atoms with Crippen molar-refractivity contribution in [3.8, 4) is 0 Å². The maximum atomic E-state index is 5.33. The first-order valence-electron chi connectivity index (χ1n) is 7.06. The first-order chi connectivity index (χ1) is 7.81. The third kappa shape index (κ3) is 5.31. The number of nitrogens with one attached hydrogen (secondary N) is 1. The molecule has 2 unspecified atom stereocenters. The average Bonchev–Trinajstić information content (AvgIpc) is 3.09. The van der Waals surface area contributed by atoms with Crippen molar-refractivity contribution in [2.24, 2.45) is 5.92 Å². The monoisotopic (exact) mass is 227 g/mol. The van der Waals surface area contributed by atoms with E-state index in [9.17, 15) is 0 Å². The lowest BCUT2D eigenvalue weighted by atomic mass is 10.0. The molecule has 2 atom stereocenters. The van der Waals surface area contributed by atoms with Crippen molar-refractivity contribution in [2.75, 3.05) is 13.7 Å². The van der Waals surface area contributed by atoms with Crippen LogP contribution in [0.4, 0.5) is 0 Å². The van der Waals surface area contributed by atoms with Crippen LogP contribution < -0.4 is 5.32 Å². The number of methoxy groups -OCH3 is 1. The molecule has 96 valence electrons. The summed E-state index contributed by atoms with van der Waals surface area (Å²) in [6.07, 6.45) is 9.37. The molecule has 0 heterocycles. The van der Waals surface area contributed by atoms with Gasteiger partial charge in [-0.2, -0.15) is 0 Å². The van der Waals surface area contributed by atoms with Gasteiger partial charge in [0.2, 0.25) is 0 Å². The number of unbranched alkanes of at least 4 members (excludes halogenated alkanes) is 1. The summed E-state index contributed by atoms with van der Waals surface area (Å²) in [6.45, 7) is 5.44. The highest BCUT2D eigenvalue weighted by Crippen LogP contribution is 2.33. The zero-order chi connectivity index (χ0) is 11.8. The van der Waals surface area contributed by atoms with Gasteiger partial charge in [0.05, 0.1) is 6.61 Å². The Hall–Kier alpha value is -0.0800. The van der Waals surface area contributed by atoms with Crippen LogP contribution in [0.3, 0.4) is 0 Å². The Morgan fingerprint density at radius 1 is 1.19 bits per heavy atom. The smallest absolute Gasteiger partial charge is 0.0618 e. The van der Waals surface area contributed by atoms with Crippen molar-refractivity contribution in [3.05, 3.63) is 0 Å². The Balaban J connectivity index is 2.30. The lowest BCUT2D eigenvalue weighted by Gasteiger charge is -2.25. The van der Waals surface area contributed by atoms with E-state index >= 15 is 0 Å². The van der Waals surface area contributed by atoms with E-state index in [2.05, 4.69) is 19.2 Å². The molecule has 1 N–H and O–H groups in total. The first kappa shape index (κ1) is 14.0. The molecular weight excluding hydrogens is 198 g/mol. The summed E-state index contributed by atoms with van der Waals surface area (Å²) in [4.78, 5) is 0. The van der Waals surface area contributed by atoms with Gasteiger partial charge in [0.1, 0.15) is 0 Å². The van der Waals surface area contributed by atoms with Crippen molar-refractivity contribution in [2.45, 2.75) is 70.9 Å². The zero-order valence-electron chi connectivity index (χ0n) is 11.3. The molecule has 0 saturated heterocycles. The van der Waals surface area contributed by atoms with Crippen molar-refractivity contribution in [3.63, 3.8) is 0 Å². The van der Waals surface area contributed by atoms with Gasteiger partial charge in [0.15, 0.2) is 0 Å². The van der Waals surface area contributed by atoms with Crippen molar-refractivity contribution < 1.29 is 4.74 Å². The summed E-state index contributed by atoms with van der Waals surface area (Å²) in [5.74, 6) is 0.890. The van der Waals surface area contributed by atoms with Crippen molar-refractivity contribution in [1.82, 2.24) is 5.32 Å². The van der Waals surface area contributed by atoms with Crippen molar-refractivity contribution >= 4 is 0 Å². The van der Waals surface area contributed by atoms with E-state index < -0.39 is 0 Å². The fraction of sp³-hybridized carbons (Fsp3) is 1.00. The molecule has 1 aliphatic carbocycles. The number of hydrogen-bond donors (Lipinski definition) is 1. The lowest BCUT2D eigenvalue weighted by Crippen LogP contribution is -2.42.